The zero-order chi connectivity index (χ0) is 22.5. The first-order chi connectivity index (χ1) is 15.5. The van der Waals surface area contributed by atoms with Crippen molar-refractivity contribution in [3.63, 3.8) is 0 Å². The van der Waals surface area contributed by atoms with Gasteiger partial charge in [-0.1, -0.05) is 49.0 Å². The smallest absolute Gasteiger partial charge is 0.230 e. The maximum absolute atomic E-state index is 13.4. The third kappa shape index (κ3) is 5.11. The van der Waals surface area contributed by atoms with E-state index in [1.165, 1.54) is 36.0 Å². The summed E-state index contributed by atoms with van der Waals surface area (Å²) in [6.07, 6.45) is 0.805. The highest BCUT2D eigenvalue weighted by atomic mass is 32.2. The fourth-order valence-corrected chi connectivity index (χ4v) is 4.14. The highest BCUT2D eigenvalue weighted by Gasteiger charge is 2.14. The summed E-state index contributed by atoms with van der Waals surface area (Å²) in [5, 5.41) is 4.42. The standard InChI is InChI=1S/C25H21F2N3OS/c1-2-17-4-3-5-21-23(17)29-24(18-8-12-20(27)13-9-18)30-25(21)32-15-22(31)28-14-16-6-10-19(26)11-7-16/h3-13H,2,14-15H2,1H3,(H,28,31). The van der Waals surface area contributed by atoms with E-state index in [0.29, 0.717) is 23.0 Å². The van der Waals surface area contributed by atoms with Gasteiger partial charge < -0.3 is 5.32 Å². The second-order valence-electron chi connectivity index (χ2n) is 7.22. The summed E-state index contributed by atoms with van der Waals surface area (Å²) in [4.78, 5) is 21.8. The Kier molecular flexibility index (Phi) is 6.75. The van der Waals surface area contributed by atoms with Crippen LogP contribution in [0.25, 0.3) is 22.3 Å². The van der Waals surface area contributed by atoms with Gasteiger partial charge in [-0.15, -0.1) is 0 Å². The zero-order valence-corrected chi connectivity index (χ0v) is 18.3. The molecule has 0 aliphatic heterocycles. The number of carbonyl (C=O) groups excluding carboxylic acids is 1. The van der Waals surface area contributed by atoms with E-state index in [4.69, 9.17) is 4.98 Å². The lowest BCUT2D eigenvalue weighted by atomic mass is 10.1. The molecule has 4 aromatic rings. The summed E-state index contributed by atoms with van der Waals surface area (Å²) < 4.78 is 26.4. The minimum atomic E-state index is -0.323. The number of para-hydroxylation sites is 1. The lowest BCUT2D eigenvalue weighted by molar-refractivity contribution is -0.118. The number of aryl methyl sites for hydroxylation is 1. The van der Waals surface area contributed by atoms with Gasteiger partial charge in [0.05, 0.1) is 11.3 Å². The van der Waals surface area contributed by atoms with Crippen molar-refractivity contribution in [3.05, 3.63) is 89.5 Å². The first-order valence-corrected chi connectivity index (χ1v) is 11.2. The Morgan fingerprint density at radius 2 is 1.62 bits per heavy atom. The van der Waals surface area contributed by atoms with Crippen molar-refractivity contribution in [2.75, 3.05) is 5.75 Å². The fourth-order valence-electron chi connectivity index (χ4n) is 3.29. The highest BCUT2D eigenvalue weighted by Crippen LogP contribution is 2.30. The normalized spacial score (nSPS) is 11.0. The van der Waals surface area contributed by atoms with E-state index in [0.717, 1.165) is 28.5 Å². The number of hydrogen-bond acceptors (Lipinski definition) is 4. The van der Waals surface area contributed by atoms with Crippen LogP contribution in [-0.2, 0) is 17.8 Å². The van der Waals surface area contributed by atoms with Crippen LogP contribution >= 0.6 is 11.8 Å². The Labute approximate surface area is 189 Å². The van der Waals surface area contributed by atoms with Crippen molar-refractivity contribution in [3.8, 4) is 11.4 Å². The molecule has 0 unspecified atom stereocenters. The van der Waals surface area contributed by atoms with Gasteiger partial charge in [0.15, 0.2) is 5.82 Å². The highest BCUT2D eigenvalue weighted by molar-refractivity contribution is 8.00. The number of rotatable bonds is 7. The maximum Gasteiger partial charge on any atom is 0.230 e. The monoisotopic (exact) mass is 449 g/mol. The molecule has 32 heavy (non-hydrogen) atoms. The van der Waals surface area contributed by atoms with Crippen LogP contribution in [0.5, 0.6) is 0 Å². The fraction of sp³-hybridized carbons (Fsp3) is 0.160. The van der Waals surface area contributed by atoms with Gasteiger partial charge in [0.1, 0.15) is 16.7 Å². The summed E-state index contributed by atoms with van der Waals surface area (Å²) in [6, 6.07) is 18.0. The van der Waals surface area contributed by atoms with Crippen LogP contribution in [0.15, 0.2) is 71.8 Å². The van der Waals surface area contributed by atoms with Crippen LogP contribution in [0.2, 0.25) is 0 Å². The maximum atomic E-state index is 13.4. The number of thioether (sulfide) groups is 1. The predicted molar refractivity (Wildman–Crippen MR) is 123 cm³/mol. The van der Waals surface area contributed by atoms with Gasteiger partial charge in [0, 0.05) is 17.5 Å². The molecule has 0 radical (unpaired) electrons. The average molecular weight is 450 g/mol. The molecule has 4 rings (SSSR count). The Hall–Kier alpha value is -3.32. The molecule has 1 heterocycles. The molecular weight excluding hydrogens is 428 g/mol. The SMILES string of the molecule is CCc1cccc2c(SCC(=O)NCc3ccc(F)cc3)nc(-c3ccc(F)cc3)nc12. The third-order valence-corrected chi connectivity index (χ3v) is 5.99. The molecule has 0 atom stereocenters. The van der Waals surface area contributed by atoms with Crippen LogP contribution < -0.4 is 5.32 Å². The largest absolute Gasteiger partial charge is 0.351 e. The van der Waals surface area contributed by atoms with Crippen molar-refractivity contribution < 1.29 is 13.6 Å². The number of nitrogens with one attached hydrogen (secondary N) is 1. The topological polar surface area (TPSA) is 54.9 Å². The second-order valence-corrected chi connectivity index (χ2v) is 8.18. The van der Waals surface area contributed by atoms with Crippen molar-refractivity contribution in [1.82, 2.24) is 15.3 Å². The van der Waals surface area contributed by atoms with Crippen molar-refractivity contribution >= 4 is 28.6 Å². The predicted octanol–water partition coefficient (Wildman–Crippen LogP) is 5.55. The lowest BCUT2D eigenvalue weighted by Gasteiger charge is -2.11. The van der Waals surface area contributed by atoms with Crippen LogP contribution in [0.3, 0.4) is 0 Å². The van der Waals surface area contributed by atoms with Gasteiger partial charge >= 0.3 is 0 Å². The van der Waals surface area contributed by atoms with Gasteiger partial charge in [-0.25, -0.2) is 18.7 Å². The lowest BCUT2D eigenvalue weighted by Crippen LogP contribution is -2.24. The molecule has 3 aromatic carbocycles. The quantitative estimate of drug-likeness (QED) is 0.297. The summed E-state index contributed by atoms with van der Waals surface area (Å²) >= 11 is 1.33. The van der Waals surface area contributed by atoms with Crippen molar-refractivity contribution in [1.29, 1.82) is 0 Å². The van der Waals surface area contributed by atoms with Gasteiger partial charge in [-0.05, 0) is 53.9 Å². The number of hydrogen-bond donors (Lipinski definition) is 1. The average Bonchev–Trinajstić information content (AvgIpc) is 2.82. The molecular formula is C25H21F2N3OS. The van der Waals surface area contributed by atoms with E-state index >= 15 is 0 Å². The first-order valence-electron chi connectivity index (χ1n) is 10.2. The Morgan fingerprint density at radius 3 is 2.31 bits per heavy atom. The van der Waals surface area contributed by atoms with E-state index in [9.17, 15) is 13.6 Å². The van der Waals surface area contributed by atoms with Crippen molar-refractivity contribution in [2.24, 2.45) is 0 Å². The van der Waals surface area contributed by atoms with Gasteiger partial charge in [-0.2, -0.15) is 0 Å². The van der Waals surface area contributed by atoms with E-state index in [1.807, 2.05) is 18.2 Å². The molecule has 7 heteroatoms. The Balaban J connectivity index is 1.57. The second kappa shape index (κ2) is 9.87. The minimum absolute atomic E-state index is 0.152. The number of aromatic nitrogens is 2. The van der Waals surface area contributed by atoms with E-state index in [-0.39, 0.29) is 23.3 Å². The van der Waals surface area contributed by atoms with Gasteiger partial charge in [0.25, 0.3) is 0 Å². The van der Waals surface area contributed by atoms with Crippen LogP contribution in [0, 0.1) is 11.6 Å². The number of carbonyl (C=O) groups is 1. The molecule has 0 fully saturated rings. The van der Waals surface area contributed by atoms with E-state index in [2.05, 4.69) is 17.2 Å². The molecule has 1 N–H and O–H groups in total. The summed E-state index contributed by atoms with van der Waals surface area (Å²) in [6.45, 7) is 2.38. The Bertz CT molecular complexity index is 1240. The molecule has 4 nitrogen and oxygen atoms in total. The van der Waals surface area contributed by atoms with E-state index < -0.39 is 0 Å². The Morgan fingerprint density at radius 1 is 0.938 bits per heavy atom. The molecule has 0 bridgehead atoms. The molecule has 1 aromatic heterocycles. The van der Waals surface area contributed by atoms with Crippen molar-refractivity contribution in [2.45, 2.75) is 24.9 Å². The molecule has 162 valence electrons. The van der Waals surface area contributed by atoms with Gasteiger partial charge in [-0.3, -0.25) is 4.79 Å². The molecule has 0 aliphatic rings. The third-order valence-electron chi connectivity index (χ3n) is 5.00. The van der Waals surface area contributed by atoms with Gasteiger partial charge in [0.2, 0.25) is 5.91 Å². The number of fused-ring (bicyclic) bond motifs is 1. The van der Waals surface area contributed by atoms with Crippen LogP contribution in [0.4, 0.5) is 8.78 Å². The molecule has 0 aliphatic carbocycles. The van der Waals surface area contributed by atoms with Crippen LogP contribution in [-0.4, -0.2) is 21.6 Å². The summed E-state index contributed by atoms with van der Waals surface area (Å²) in [5.74, 6) is -0.119. The molecule has 0 saturated carbocycles. The zero-order valence-electron chi connectivity index (χ0n) is 17.4. The first kappa shape index (κ1) is 21.9. The number of amides is 1. The molecule has 1 amide bonds. The number of nitrogens with zero attached hydrogens (tertiary/aromatic N) is 2. The summed E-state index contributed by atoms with van der Waals surface area (Å²) in [7, 11) is 0. The summed E-state index contributed by atoms with van der Waals surface area (Å²) in [5.41, 5.74) is 3.44. The number of halogens is 2. The molecule has 0 saturated heterocycles. The number of benzene rings is 3. The molecule has 0 spiro atoms. The minimum Gasteiger partial charge on any atom is -0.351 e. The van der Waals surface area contributed by atoms with Crippen LogP contribution in [0.1, 0.15) is 18.1 Å². The van der Waals surface area contributed by atoms with E-state index in [1.54, 1.807) is 24.3 Å².